The number of benzene rings is 1. The Bertz CT molecular complexity index is 423. The highest BCUT2D eigenvalue weighted by Crippen LogP contribution is 2.26. The lowest BCUT2D eigenvalue weighted by atomic mass is 9.88. The Morgan fingerprint density at radius 1 is 1.28 bits per heavy atom. The molecule has 0 atom stereocenters. The molecule has 1 fully saturated rings. The molecule has 1 aliphatic rings. The lowest BCUT2D eigenvalue weighted by Gasteiger charge is -2.21. The molecule has 2 rings (SSSR count). The molecular formula is C15H21NO2. The number of ether oxygens (including phenoxy) is 1. The minimum absolute atomic E-state index is 0.166. The van der Waals surface area contributed by atoms with E-state index in [2.05, 4.69) is 5.32 Å². The van der Waals surface area contributed by atoms with Crippen molar-refractivity contribution < 1.29 is 9.53 Å². The van der Waals surface area contributed by atoms with Crippen LogP contribution in [0.2, 0.25) is 0 Å². The highest BCUT2D eigenvalue weighted by molar-refractivity contribution is 5.92. The molecule has 0 bridgehead atoms. The van der Waals surface area contributed by atoms with Crippen molar-refractivity contribution in [3.63, 3.8) is 0 Å². The lowest BCUT2D eigenvalue weighted by Crippen LogP contribution is -2.24. The highest BCUT2D eigenvalue weighted by Gasteiger charge is 2.21. The Hall–Kier alpha value is -1.51. The Kier molecular flexibility index (Phi) is 4.24. The van der Waals surface area contributed by atoms with Crippen molar-refractivity contribution in [3.05, 3.63) is 23.8 Å². The number of carbonyl (C=O) groups excluding carboxylic acids is 1. The second kappa shape index (κ2) is 5.89. The van der Waals surface area contributed by atoms with Crippen LogP contribution >= 0.6 is 0 Å². The molecule has 1 amide bonds. The van der Waals surface area contributed by atoms with Gasteiger partial charge in [-0.1, -0.05) is 19.3 Å². The quantitative estimate of drug-likeness (QED) is 0.887. The lowest BCUT2D eigenvalue weighted by molar-refractivity contribution is -0.120. The largest absolute Gasteiger partial charge is 0.496 e. The maximum atomic E-state index is 12.1. The summed E-state index contributed by atoms with van der Waals surface area (Å²) in [7, 11) is 1.66. The second-order valence-electron chi connectivity index (χ2n) is 5.01. The molecule has 3 nitrogen and oxygen atoms in total. The van der Waals surface area contributed by atoms with Crippen molar-refractivity contribution in [2.75, 3.05) is 12.4 Å². The molecule has 18 heavy (non-hydrogen) atoms. The number of hydrogen-bond acceptors (Lipinski definition) is 2. The van der Waals surface area contributed by atoms with Crippen LogP contribution in [-0.2, 0) is 4.79 Å². The normalized spacial score (nSPS) is 16.3. The van der Waals surface area contributed by atoms with Crippen LogP contribution in [0, 0.1) is 12.8 Å². The van der Waals surface area contributed by atoms with E-state index in [-0.39, 0.29) is 11.8 Å². The van der Waals surface area contributed by atoms with Gasteiger partial charge < -0.3 is 10.1 Å². The van der Waals surface area contributed by atoms with E-state index in [4.69, 9.17) is 4.74 Å². The fourth-order valence-corrected chi connectivity index (χ4v) is 2.57. The number of hydrogen-bond donors (Lipinski definition) is 1. The van der Waals surface area contributed by atoms with Gasteiger partial charge in [-0.05, 0) is 43.5 Å². The first-order valence-corrected chi connectivity index (χ1v) is 6.66. The molecule has 0 aromatic heterocycles. The molecule has 1 aliphatic carbocycles. The van der Waals surface area contributed by atoms with Gasteiger partial charge in [-0.2, -0.15) is 0 Å². The van der Waals surface area contributed by atoms with Crippen LogP contribution in [0.1, 0.15) is 37.7 Å². The van der Waals surface area contributed by atoms with Gasteiger partial charge in [0.25, 0.3) is 0 Å². The zero-order chi connectivity index (χ0) is 13.0. The first-order chi connectivity index (χ1) is 8.70. The number of aryl methyl sites for hydroxylation is 1. The molecule has 0 unspecified atom stereocenters. The van der Waals surface area contributed by atoms with Gasteiger partial charge in [-0.25, -0.2) is 0 Å². The monoisotopic (exact) mass is 247 g/mol. The van der Waals surface area contributed by atoms with Crippen molar-refractivity contribution in [1.29, 1.82) is 0 Å². The molecule has 1 aromatic rings. The number of amides is 1. The number of carbonyl (C=O) groups is 1. The number of methoxy groups -OCH3 is 1. The van der Waals surface area contributed by atoms with Crippen LogP contribution < -0.4 is 10.1 Å². The molecule has 0 heterocycles. The molecule has 0 saturated heterocycles. The smallest absolute Gasteiger partial charge is 0.227 e. The van der Waals surface area contributed by atoms with Gasteiger partial charge >= 0.3 is 0 Å². The van der Waals surface area contributed by atoms with E-state index in [0.29, 0.717) is 0 Å². The fraction of sp³-hybridized carbons (Fsp3) is 0.533. The zero-order valence-electron chi connectivity index (χ0n) is 11.2. The first-order valence-electron chi connectivity index (χ1n) is 6.66. The van der Waals surface area contributed by atoms with E-state index in [1.165, 1.54) is 19.3 Å². The molecule has 0 aliphatic heterocycles. The van der Waals surface area contributed by atoms with Gasteiger partial charge in [-0.3, -0.25) is 4.79 Å². The van der Waals surface area contributed by atoms with Crippen molar-refractivity contribution in [2.24, 2.45) is 5.92 Å². The van der Waals surface area contributed by atoms with Gasteiger partial charge in [0.05, 0.1) is 7.11 Å². The maximum absolute atomic E-state index is 12.1. The van der Waals surface area contributed by atoms with Crippen LogP contribution in [0.25, 0.3) is 0 Å². The minimum atomic E-state index is 0.166. The predicted molar refractivity (Wildman–Crippen MR) is 72.9 cm³/mol. The Morgan fingerprint density at radius 2 is 2.00 bits per heavy atom. The van der Waals surface area contributed by atoms with Crippen molar-refractivity contribution in [2.45, 2.75) is 39.0 Å². The molecule has 98 valence electrons. The van der Waals surface area contributed by atoms with Crippen LogP contribution in [0.5, 0.6) is 5.75 Å². The molecule has 0 spiro atoms. The summed E-state index contributed by atoms with van der Waals surface area (Å²) >= 11 is 0. The molecule has 3 heteroatoms. The summed E-state index contributed by atoms with van der Waals surface area (Å²) in [4.78, 5) is 12.1. The topological polar surface area (TPSA) is 38.3 Å². The van der Waals surface area contributed by atoms with Gasteiger partial charge in [0, 0.05) is 11.6 Å². The van der Waals surface area contributed by atoms with Crippen molar-refractivity contribution >= 4 is 11.6 Å². The number of rotatable bonds is 3. The summed E-state index contributed by atoms with van der Waals surface area (Å²) in [5.41, 5.74) is 1.91. The van der Waals surface area contributed by atoms with E-state index in [1.54, 1.807) is 7.11 Å². The van der Waals surface area contributed by atoms with E-state index >= 15 is 0 Å². The van der Waals surface area contributed by atoms with E-state index in [1.807, 2.05) is 25.1 Å². The van der Waals surface area contributed by atoms with E-state index < -0.39 is 0 Å². The van der Waals surface area contributed by atoms with E-state index in [9.17, 15) is 4.79 Å². The van der Waals surface area contributed by atoms with Crippen LogP contribution in [0.15, 0.2) is 18.2 Å². The zero-order valence-corrected chi connectivity index (χ0v) is 11.2. The summed E-state index contributed by atoms with van der Waals surface area (Å²) in [6.07, 6.45) is 5.69. The van der Waals surface area contributed by atoms with Crippen LogP contribution in [-0.4, -0.2) is 13.0 Å². The third kappa shape index (κ3) is 3.03. The van der Waals surface area contributed by atoms with Crippen molar-refractivity contribution in [1.82, 2.24) is 0 Å². The third-order valence-electron chi connectivity index (χ3n) is 3.64. The molecule has 0 radical (unpaired) electrons. The van der Waals surface area contributed by atoms with Gasteiger partial charge in [0.15, 0.2) is 0 Å². The Balaban J connectivity index is 2.00. The highest BCUT2D eigenvalue weighted by atomic mass is 16.5. The van der Waals surface area contributed by atoms with E-state index in [0.717, 1.165) is 29.8 Å². The SMILES string of the molecule is COc1ccc(NC(=O)C2CCCCC2)cc1C. The summed E-state index contributed by atoms with van der Waals surface area (Å²) in [6.45, 7) is 1.98. The maximum Gasteiger partial charge on any atom is 0.227 e. The van der Waals surface area contributed by atoms with Crippen LogP contribution in [0.4, 0.5) is 5.69 Å². The number of nitrogens with one attached hydrogen (secondary N) is 1. The summed E-state index contributed by atoms with van der Waals surface area (Å²) in [5.74, 6) is 1.21. The van der Waals surface area contributed by atoms with Gasteiger partial charge in [0.2, 0.25) is 5.91 Å². The minimum Gasteiger partial charge on any atom is -0.496 e. The summed E-state index contributed by atoms with van der Waals surface area (Å²) < 4.78 is 5.21. The number of anilines is 1. The molecule has 1 saturated carbocycles. The van der Waals surface area contributed by atoms with Gasteiger partial charge in [-0.15, -0.1) is 0 Å². The summed E-state index contributed by atoms with van der Waals surface area (Å²) in [6, 6.07) is 5.75. The van der Waals surface area contributed by atoms with Crippen molar-refractivity contribution in [3.8, 4) is 5.75 Å². The molecule has 1 N–H and O–H groups in total. The third-order valence-corrected chi connectivity index (χ3v) is 3.64. The second-order valence-corrected chi connectivity index (χ2v) is 5.01. The summed E-state index contributed by atoms with van der Waals surface area (Å²) in [5, 5.41) is 3.01. The van der Waals surface area contributed by atoms with Gasteiger partial charge in [0.1, 0.15) is 5.75 Å². The average molecular weight is 247 g/mol. The standard InChI is InChI=1S/C15H21NO2/c1-11-10-13(8-9-14(11)18-2)16-15(17)12-6-4-3-5-7-12/h8-10,12H,3-7H2,1-2H3,(H,16,17). The molecular weight excluding hydrogens is 226 g/mol. The average Bonchev–Trinajstić information content (AvgIpc) is 2.40. The Morgan fingerprint density at radius 3 is 2.61 bits per heavy atom. The molecule has 1 aromatic carbocycles. The fourth-order valence-electron chi connectivity index (χ4n) is 2.57. The Labute approximate surface area is 109 Å². The predicted octanol–water partition coefficient (Wildman–Crippen LogP) is 3.52. The van der Waals surface area contributed by atoms with Crippen LogP contribution in [0.3, 0.4) is 0 Å². The first kappa shape index (κ1) is 12.9.